The molecule has 3 rings (SSSR count). The number of ether oxygens (including phenoxy) is 2. The Morgan fingerprint density at radius 3 is 2.88 bits per heavy atom. The zero-order valence-electron chi connectivity index (χ0n) is 12.6. The zero-order chi connectivity index (χ0) is 16.9. The van der Waals surface area contributed by atoms with Gasteiger partial charge in [0.15, 0.2) is 30.3 Å². The van der Waals surface area contributed by atoms with Crippen LogP contribution in [0.2, 0.25) is 0 Å². The molecule has 0 aliphatic carbocycles. The van der Waals surface area contributed by atoms with E-state index in [-0.39, 0.29) is 30.3 Å². The first-order chi connectivity index (χ1) is 11.6. The van der Waals surface area contributed by atoms with Crippen LogP contribution in [0.4, 0.5) is 22.0 Å². The summed E-state index contributed by atoms with van der Waals surface area (Å²) in [6, 6.07) is 4.32. The molecule has 3 N–H and O–H groups in total. The number of nitrogens with one attached hydrogen (secondary N) is 1. The Hall–Kier alpha value is -3.43. The molecule has 124 valence electrons. The molecule has 0 saturated carbocycles. The molecule has 3 aromatic rings. The van der Waals surface area contributed by atoms with Gasteiger partial charge in [-0.05, 0) is 12.1 Å². The van der Waals surface area contributed by atoms with Gasteiger partial charge in [0.2, 0.25) is 11.9 Å². The summed E-state index contributed by atoms with van der Waals surface area (Å²) in [7, 11) is 1.39. The van der Waals surface area contributed by atoms with Crippen molar-refractivity contribution >= 4 is 17.6 Å². The van der Waals surface area contributed by atoms with Gasteiger partial charge in [0.25, 0.3) is 0 Å². The van der Waals surface area contributed by atoms with Crippen LogP contribution >= 0.6 is 0 Å². The highest BCUT2D eigenvalue weighted by atomic mass is 19.1. The third-order valence-corrected chi connectivity index (χ3v) is 2.87. The number of oxazole rings is 1. The summed E-state index contributed by atoms with van der Waals surface area (Å²) >= 11 is 0. The van der Waals surface area contributed by atoms with Crippen molar-refractivity contribution in [2.24, 2.45) is 0 Å². The Bertz CT molecular complexity index is 827. The molecule has 0 bridgehead atoms. The molecule has 9 nitrogen and oxygen atoms in total. The molecule has 0 aliphatic rings. The van der Waals surface area contributed by atoms with E-state index in [1.54, 1.807) is 6.07 Å². The first kappa shape index (κ1) is 15.5. The highest BCUT2D eigenvalue weighted by molar-refractivity contribution is 5.55. The van der Waals surface area contributed by atoms with Gasteiger partial charge in [-0.15, -0.1) is 0 Å². The number of halogens is 1. The number of nitrogens with two attached hydrogens (primary N) is 1. The minimum Gasteiger partial charge on any atom is -0.494 e. The van der Waals surface area contributed by atoms with Crippen LogP contribution in [0.25, 0.3) is 0 Å². The monoisotopic (exact) mass is 332 g/mol. The molecule has 0 fully saturated rings. The third-order valence-electron chi connectivity index (χ3n) is 2.87. The largest absolute Gasteiger partial charge is 0.494 e. The Labute approximate surface area is 135 Å². The van der Waals surface area contributed by atoms with Gasteiger partial charge in [0.1, 0.15) is 0 Å². The molecule has 0 unspecified atom stereocenters. The third kappa shape index (κ3) is 3.66. The van der Waals surface area contributed by atoms with E-state index in [0.717, 1.165) is 0 Å². The summed E-state index contributed by atoms with van der Waals surface area (Å²) in [4.78, 5) is 15.6. The summed E-state index contributed by atoms with van der Waals surface area (Å²) in [6.45, 7) is 0.0834. The van der Waals surface area contributed by atoms with E-state index < -0.39 is 5.82 Å². The molecule has 2 aromatic heterocycles. The predicted octanol–water partition coefficient (Wildman–Crippen LogP) is 1.91. The Balaban J connectivity index is 1.74. The molecule has 2 heterocycles. The summed E-state index contributed by atoms with van der Waals surface area (Å²) < 4.78 is 29.0. The Morgan fingerprint density at radius 1 is 1.29 bits per heavy atom. The van der Waals surface area contributed by atoms with Crippen LogP contribution in [-0.4, -0.2) is 27.0 Å². The number of anilines is 3. The van der Waals surface area contributed by atoms with E-state index in [0.29, 0.717) is 11.4 Å². The molecule has 0 radical (unpaired) electrons. The normalized spacial score (nSPS) is 10.4. The lowest BCUT2D eigenvalue weighted by Crippen LogP contribution is -2.07. The smallest absolute Gasteiger partial charge is 0.323 e. The lowest BCUT2D eigenvalue weighted by atomic mass is 10.3. The number of nitrogens with zero attached hydrogens (tertiary/aromatic N) is 4. The lowest BCUT2D eigenvalue weighted by molar-refractivity contribution is 0.250. The molecule has 0 saturated heterocycles. The lowest BCUT2D eigenvalue weighted by Gasteiger charge is -2.09. The second-order valence-electron chi connectivity index (χ2n) is 4.53. The first-order valence-corrected chi connectivity index (χ1v) is 6.76. The van der Waals surface area contributed by atoms with Crippen molar-refractivity contribution in [3.05, 3.63) is 42.4 Å². The van der Waals surface area contributed by atoms with E-state index >= 15 is 0 Å². The molecule has 1 aromatic carbocycles. The highest BCUT2D eigenvalue weighted by Gasteiger charge is 2.09. The molecular formula is C14H13FN6O3. The van der Waals surface area contributed by atoms with Crippen LogP contribution in [0.1, 0.15) is 5.76 Å². The van der Waals surface area contributed by atoms with Crippen molar-refractivity contribution in [1.82, 2.24) is 19.9 Å². The fraction of sp³-hybridized carbons (Fsp3) is 0.143. The Kier molecular flexibility index (Phi) is 4.36. The maximum absolute atomic E-state index is 13.7. The van der Waals surface area contributed by atoms with Crippen molar-refractivity contribution in [2.45, 2.75) is 6.61 Å². The first-order valence-electron chi connectivity index (χ1n) is 6.76. The predicted molar refractivity (Wildman–Crippen MR) is 81.3 cm³/mol. The molecular weight excluding hydrogens is 319 g/mol. The van der Waals surface area contributed by atoms with Gasteiger partial charge in [-0.3, -0.25) is 0 Å². The summed E-state index contributed by atoms with van der Waals surface area (Å²) in [6.07, 6.45) is 2.79. The number of benzene rings is 1. The average Bonchev–Trinajstić information content (AvgIpc) is 3.06. The number of aromatic nitrogens is 4. The molecule has 24 heavy (non-hydrogen) atoms. The molecule has 10 heteroatoms. The van der Waals surface area contributed by atoms with Crippen LogP contribution < -0.4 is 20.5 Å². The van der Waals surface area contributed by atoms with Crippen LogP contribution in [0.15, 0.2) is 35.2 Å². The summed E-state index contributed by atoms with van der Waals surface area (Å²) in [5, 5.41) is 2.82. The average molecular weight is 332 g/mol. The summed E-state index contributed by atoms with van der Waals surface area (Å²) in [5.41, 5.74) is 6.04. The van der Waals surface area contributed by atoms with Gasteiger partial charge >= 0.3 is 6.01 Å². The maximum Gasteiger partial charge on any atom is 0.323 e. The quantitative estimate of drug-likeness (QED) is 0.697. The molecule has 0 aliphatic heterocycles. The highest BCUT2D eigenvalue weighted by Crippen LogP contribution is 2.23. The van der Waals surface area contributed by atoms with Gasteiger partial charge in [0, 0.05) is 11.8 Å². The van der Waals surface area contributed by atoms with Gasteiger partial charge in [-0.25, -0.2) is 9.37 Å². The number of nitrogen functional groups attached to an aromatic ring is 1. The zero-order valence-corrected chi connectivity index (χ0v) is 12.6. The number of hydrogen-bond acceptors (Lipinski definition) is 9. The van der Waals surface area contributed by atoms with Crippen molar-refractivity contribution < 1.29 is 18.3 Å². The fourth-order valence-electron chi connectivity index (χ4n) is 1.81. The van der Waals surface area contributed by atoms with Crippen LogP contribution in [-0.2, 0) is 6.61 Å². The standard InChI is InChI=1S/C14H13FN6O3/c1-22-11-3-2-8(4-10(11)15)18-13-19-12(16)20-14(21-13)23-6-9-5-17-7-24-9/h2-5,7H,6H2,1H3,(H3,16,18,19,20,21). The second kappa shape index (κ2) is 6.77. The Morgan fingerprint density at radius 2 is 2.17 bits per heavy atom. The topological polar surface area (TPSA) is 121 Å². The second-order valence-corrected chi connectivity index (χ2v) is 4.53. The van der Waals surface area contributed by atoms with E-state index in [1.165, 1.54) is 31.8 Å². The van der Waals surface area contributed by atoms with E-state index in [9.17, 15) is 4.39 Å². The minimum absolute atomic E-state index is 0.00427. The summed E-state index contributed by atoms with van der Waals surface area (Å²) in [5.74, 6) is 0.174. The molecule has 0 spiro atoms. The van der Waals surface area contributed by atoms with Gasteiger partial charge in [-0.1, -0.05) is 0 Å². The molecule has 0 amide bonds. The number of rotatable bonds is 6. The van der Waals surface area contributed by atoms with E-state index in [2.05, 4.69) is 25.3 Å². The van der Waals surface area contributed by atoms with Crippen LogP contribution in [0.3, 0.4) is 0 Å². The number of hydrogen-bond donors (Lipinski definition) is 2. The molecule has 0 atom stereocenters. The SMILES string of the molecule is COc1ccc(Nc2nc(N)nc(OCc3cnco3)n2)cc1F. The van der Waals surface area contributed by atoms with Crippen molar-refractivity contribution in [3.63, 3.8) is 0 Å². The van der Waals surface area contributed by atoms with E-state index in [1.807, 2.05) is 0 Å². The van der Waals surface area contributed by atoms with Gasteiger partial charge in [0.05, 0.1) is 13.3 Å². The van der Waals surface area contributed by atoms with Crippen molar-refractivity contribution in [1.29, 1.82) is 0 Å². The minimum atomic E-state index is -0.522. The maximum atomic E-state index is 13.7. The fourth-order valence-corrected chi connectivity index (χ4v) is 1.81. The number of methoxy groups -OCH3 is 1. The van der Waals surface area contributed by atoms with E-state index in [4.69, 9.17) is 19.6 Å². The van der Waals surface area contributed by atoms with Gasteiger partial charge in [-0.2, -0.15) is 15.0 Å². The van der Waals surface area contributed by atoms with Crippen molar-refractivity contribution in [3.8, 4) is 11.8 Å². The van der Waals surface area contributed by atoms with Gasteiger partial charge < -0.3 is 24.9 Å². The van der Waals surface area contributed by atoms with Crippen LogP contribution in [0, 0.1) is 5.82 Å². The van der Waals surface area contributed by atoms with Crippen molar-refractivity contribution in [2.75, 3.05) is 18.2 Å². The van der Waals surface area contributed by atoms with Crippen LogP contribution in [0.5, 0.6) is 11.8 Å².